The van der Waals surface area contributed by atoms with Gasteiger partial charge in [-0.05, 0) is 29.5 Å². The molecule has 0 unspecified atom stereocenters. The summed E-state index contributed by atoms with van der Waals surface area (Å²) in [5.41, 5.74) is 3.91. The van der Waals surface area contributed by atoms with Crippen LogP contribution in [0.25, 0.3) is 0 Å². The van der Waals surface area contributed by atoms with Crippen molar-refractivity contribution in [1.82, 2.24) is 5.32 Å². The van der Waals surface area contributed by atoms with Crippen molar-refractivity contribution in [2.24, 2.45) is 0 Å². The molecule has 2 aromatic rings. The van der Waals surface area contributed by atoms with E-state index >= 15 is 0 Å². The van der Waals surface area contributed by atoms with Crippen molar-refractivity contribution in [2.45, 2.75) is 26.2 Å². The molecule has 0 atom stereocenters. The molecule has 138 valence electrons. The van der Waals surface area contributed by atoms with Gasteiger partial charge in [-0.2, -0.15) is 0 Å². The van der Waals surface area contributed by atoms with E-state index in [1.807, 2.05) is 13.0 Å². The van der Waals surface area contributed by atoms with Crippen LogP contribution in [0.3, 0.4) is 0 Å². The van der Waals surface area contributed by atoms with Gasteiger partial charge in [0.05, 0.1) is 0 Å². The summed E-state index contributed by atoms with van der Waals surface area (Å²) < 4.78 is 8.88. The van der Waals surface area contributed by atoms with Gasteiger partial charge >= 0.3 is 37.4 Å². The van der Waals surface area contributed by atoms with E-state index in [4.69, 9.17) is 19.2 Å². The van der Waals surface area contributed by atoms with E-state index in [2.05, 4.69) is 53.8 Å². The molecule has 0 aliphatic heterocycles. The Hall–Kier alpha value is -0.980. The summed E-state index contributed by atoms with van der Waals surface area (Å²) in [7, 11) is -4.64. The minimum absolute atomic E-state index is 0. The average Bonchev–Trinajstić information content (AvgIpc) is 2.54. The van der Waals surface area contributed by atoms with Gasteiger partial charge in [0.25, 0.3) is 0 Å². The summed E-state index contributed by atoms with van der Waals surface area (Å²) in [6.45, 7) is 2.58. The van der Waals surface area contributed by atoms with Gasteiger partial charge in [-0.3, -0.25) is 4.79 Å². The summed E-state index contributed by atoms with van der Waals surface area (Å²) in [6, 6.07) is 19.1. The van der Waals surface area contributed by atoms with Crippen LogP contribution in [0.4, 0.5) is 0 Å². The average molecular weight is 389 g/mol. The first-order valence-electron chi connectivity index (χ1n) is 7.94. The van der Waals surface area contributed by atoms with E-state index in [0.717, 1.165) is 12.8 Å². The fraction of sp³-hybridized carbons (Fsp3) is 0.278. The monoisotopic (exact) mass is 389 g/mol. The second-order valence-corrected chi connectivity index (χ2v) is 6.48. The number of amides is 1. The first-order valence-corrected chi connectivity index (χ1v) is 9.51. The third kappa shape index (κ3) is 13.3. The number of phosphoric acid groups is 1. The van der Waals surface area contributed by atoms with Crippen molar-refractivity contribution >= 4 is 43.3 Å². The molecule has 2 aromatic carbocycles. The standard InChI is InChI=1S/C18H21NO.Na.H3O4P.H/c1-2-18(20)19-12-11-16-9-6-10-17(14-16)13-15-7-4-3-5-8-15;;1-5(2,3)4;/h3-10,14H,2,11-13H2,1H3,(H,19,20);;(H3,1,2,3,4);. The molecule has 2 rings (SSSR count). The molecule has 0 heterocycles. The molecule has 0 saturated heterocycles. The fourth-order valence-electron chi connectivity index (χ4n) is 2.20. The molecule has 0 fully saturated rings. The van der Waals surface area contributed by atoms with E-state index in [0.29, 0.717) is 13.0 Å². The molecule has 0 aromatic heterocycles. The predicted octanol–water partition coefficient (Wildman–Crippen LogP) is 1.77. The van der Waals surface area contributed by atoms with Crippen molar-refractivity contribution in [2.75, 3.05) is 6.54 Å². The number of benzene rings is 2. The van der Waals surface area contributed by atoms with Crippen molar-refractivity contribution in [1.29, 1.82) is 0 Å². The van der Waals surface area contributed by atoms with Gasteiger partial charge in [-0.1, -0.05) is 61.5 Å². The molecule has 0 bridgehead atoms. The van der Waals surface area contributed by atoms with Crippen LogP contribution in [0.5, 0.6) is 0 Å². The third-order valence-electron chi connectivity index (χ3n) is 3.30. The molecule has 0 saturated carbocycles. The Kier molecular flexibility index (Phi) is 12.7. The Morgan fingerprint density at radius 3 is 2.08 bits per heavy atom. The van der Waals surface area contributed by atoms with Gasteiger partial charge in [-0.25, -0.2) is 4.57 Å². The van der Waals surface area contributed by atoms with Crippen molar-refractivity contribution in [3.8, 4) is 0 Å². The molecule has 0 spiro atoms. The topological polar surface area (TPSA) is 107 Å². The van der Waals surface area contributed by atoms with Gasteiger partial charge in [0.15, 0.2) is 0 Å². The zero-order chi connectivity index (χ0) is 18.7. The summed E-state index contributed by atoms with van der Waals surface area (Å²) in [4.78, 5) is 32.8. The van der Waals surface area contributed by atoms with Crippen LogP contribution >= 0.6 is 7.82 Å². The third-order valence-corrected chi connectivity index (χ3v) is 3.30. The van der Waals surface area contributed by atoms with Crippen molar-refractivity contribution < 1.29 is 24.0 Å². The first kappa shape index (κ1) is 25.0. The summed E-state index contributed by atoms with van der Waals surface area (Å²) >= 11 is 0. The molecule has 6 nitrogen and oxygen atoms in total. The van der Waals surface area contributed by atoms with Crippen LogP contribution in [0.1, 0.15) is 30.0 Å². The Morgan fingerprint density at radius 2 is 1.50 bits per heavy atom. The van der Waals surface area contributed by atoms with Crippen LogP contribution in [-0.4, -0.2) is 56.7 Å². The number of carbonyl (C=O) groups excluding carboxylic acids is 1. The van der Waals surface area contributed by atoms with Crippen molar-refractivity contribution in [3.63, 3.8) is 0 Å². The maximum atomic E-state index is 11.2. The molecule has 1 amide bonds. The molecule has 4 N–H and O–H groups in total. The number of nitrogens with one attached hydrogen (secondary N) is 1. The Balaban J connectivity index is 0.000000923. The molecular weight excluding hydrogens is 364 g/mol. The van der Waals surface area contributed by atoms with Crippen LogP contribution < -0.4 is 5.32 Å². The zero-order valence-corrected chi connectivity index (χ0v) is 15.0. The van der Waals surface area contributed by atoms with Gasteiger partial charge in [0.2, 0.25) is 5.91 Å². The van der Waals surface area contributed by atoms with Crippen LogP contribution in [0.15, 0.2) is 54.6 Å². The SMILES string of the molecule is CCC(=O)NCCc1cccc(Cc2ccccc2)c1.O=P(O)(O)O.[NaH]. The minimum atomic E-state index is -4.64. The van der Waals surface area contributed by atoms with E-state index in [1.54, 1.807) is 0 Å². The Labute approximate surface area is 176 Å². The second kappa shape index (κ2) is 13.2. The summed E-state index contributed by atoms with van der Waals surface area (Å²) in [5, 5.41) is 2.91. The van der Waals surface area contributed by atoms with Crippen molar-refractivity contribution in [3.05, 3.63) is 71.3 Å². The van der Waals surface area contributed by atoms with Crippen LogP contribution in [-0.2, 0) is 22.2 Å². The number of hydrogen-bond acceptors (Lipinski definition) is 2. The molecule has 0 radical (unpaired) electrons. The van der Waals surface area contributed by atoms with E-state index < -0.39 is 7.82 Å². The number of rotatable bonds is 6. The quantitative estimate of drug-likeness (QED) is 0.445. The predicted molar refractivity (Wildman–Crippen MR) is 104 cm³/mol. The van der Waals surface area contributed by atoms with Crippen LogP contribution in [0, 0.1) is 0 Å². The van der Waals surface area contributed by atoms with Gasteiger partial charge in [-0.15, -0.1) is 0 Å². The van der Waals surface area contributed by atoms with Gasteiger partial charge < -0.3 is 20.0 Å². The Bertz CT molecular complexity index is 697. The van der Waals surface area contributed by atoms with Crippen LogP contribution in [0.2, 0.25) is 0 Å². The molecular formula is C18H25NNaO5P. The molecule has 0 aliphatic rings. The normalized spacial score (nSPS) is 10.2. The van der Waals surface area contributed by atoms with Gasteiger partial charge in [0.1, 0.15) is 0 Å². The van der Waals surface area contributed by atoms with Gasteiger partial charge in [0, 0.05) is 13.0 Å². The Morgan fingerprint density at radius 1 is 0.962 bits per heavy atom. The molecule has 8 heteroatoms. The summed E-state index contributed by atoms with van der Waals surface area (Å²) in [6.07, 6.45) is 2.39. The maximum absolute atomic E-state index is 11.2. The van der Waals surface area contributed by atoms with E-state index in [1.165, 1.54) is 16.7 Å². The van der Waals surface area contributed by atoms with E-state index in [9.17, 15) is 4.79 Å². The summed E-state index contributed by atoms with van der Waals surface area (Å²) in [5.74, 6) is 0.116. The fourth-order valence-corrected chi connectivity index (χ4v) is 2.20. The molecule has 26 heavy (non-hydrogen) atoms. The molecule has 0 aliphatic carbocycles. The zero-order valence-electron chi connectivity index (χ0n) is 14.1. The number of hydrogen-bond donors (Lipinski definition) is 4. The first-order chi connectivity index (χ1) is 11.8. The second-order valence-electron chi connectivity index (χ2n) is 5.45. The van der Waals surface area contributed by atoms with E-state index in [-0.39, 0.29) is 35.5 Å². The number of carbonyl (C=O) groups is 1.